The molecule has 26 heavy (non-hydrogen) atoms. The van der Waals surface area contributed by atoms with Gasteiger partial charge in [-0.05, 0) is 43.2 Å². The van der Waals surface area contributed by atoms with Gasteiger partial charge in [-0.15, -0.1) is 0 Å². The molecule has 0 unspecified atom stereocenters. The molecule has 0 heterocycles. The lowest BCUT2D eigenvalue weighted by Crippen LogP contribution is -2.26. The molecule has 2 rings (SSSR count). The van der Waals surface area contributed by atoms with Gasteiger partial charge in [0.2, 0.25) is 0 Å². The number of aliphatic carboxylic acids is 1. The number of hydrogen-bond donors (Lipinski definition) is 1. The Morgan fingerprint density at radius 3 is 2.46 bits per heavy atom. The van der Waals surface area contributed by atoms with Crippen molar-refractivity contribution < 1.29 is 24.2 Å². The maximum atomic E-state index is 12.7. The molecule has 1 N–H and O–H groups in total. The van der Waals surface area contributed by atoms with Crippen molar-refractivity contribution in [1.29, 1.82) is 0 Å². The molecule has 2 aromatic rings. The Hall–Kier alpha value is -3.02. The van der Waals surface area contributed by atoms with Crippen LogP contribution in [0.2, 0.25) is 0 Å². The van der Waals surface area contributed by atoms with Crippen LogP contribution < -0.4 is 9.47 Å². The van der Waals surface area contributed by atoms with Gasteiger partial charge in [0.05, 0.1) is 6.61 Å². The van der Waals surface area contributed by atoms with Gasteiger partial charge < -0.3 is 19.5 Å². The Kier molecular flexibility index (Phi) is 6.60. The highest BCUT2D eigenvalue weighted by Crippen LogP contribution is 2.29. The first kappa shape index (κ1) is 19.3. The average Bonchev–Trinajstić information content (AvgIpc) is 2.62. The number of rotatable bonds is 8. The van der Waals surface area contributed by atoms with E-state index in [2.05, 4.69) is 0 Å². The Morgan fingerprint density at radius 1 is 1.08 bits per heavy atom. The summed E-state index contributed by atoms with van der Waals surface area (Å²) in [5.41, 5.74) is 2.65. The molecular weight excluding hydrogens is 334 g/mol. The molecule has 0 spiro atoms. The summed E-state index contributed by atoms with van der Waals surface area (Å²) in [5, 5.41) is 8.75. The minimum atomic E-state index is -1.08. The van der Waals surface area contributed by atoms with Crippen LogP contribution in [0.5, 0.6) is 11.5 Å². The highest BCUT2D eigenvalue weighted by Gasteiger charge is 2.16. The quantitative estimate of drug-likeness (QED) is 0.785. The van der Waals surface area contributed by atoms with Gasteiger partial charge in [0, 0.05) is 19.2 Å². The van der Waals surface area contributed by atoms with E-state index in [0.717, 1.165) is 11.1 Å². The first-order valence-electron chi connectivity index (χ1n) is 8.33. The van der Waals surface area contributed by atoms with Gasteiger partial charge in [0.25, 0.3) is 5.91 Å². The summed E-state index contributed by atoms with van der Waals surface area (Å²) in [7, 11) is 1.74. The van der Waals surface area contributed by atoms with Gasteiger partial charge in [-0.3, -0.25) is 4.79 Å². The molecule has 0 aliphatic rings. The van der Waals surface area contributed by atoms with Crippen LogP contribution in [0.4, 0.5) is 0 Å². The fraction of sp³-hybridized carbons (Fsp3) is 0.300. The standard InChI is InChI=1S/C20H23NO5/c1-4-25-18-11-15(9-10-17(18)26-13-19(22)23)20(24)21(3)12-16-8-6-5-7-14(16)2/h5-11H,4,12-13H2,1-3H3,(H,22,23). The Balaban J connectivity index is 2.18. The fourth-order valence-electron chi connectivity index (χ4n) is 2.50. The van der Waals surface area contributed by atoms with Crippen LogP contribution in [-0.2, 0) is 11.3 Å². The third kappa shape index (κ3) is 4.99. The van der Waals surface area contributed by atoms with E-state index in [4.69, 9.17) is 14.6 Å². The zero-order valence-electron chi connectivity index (χ0n) is 15.2. The topological polar surface area (TPSA) is 76.1 Å². The monoisotopic (exact) mass is 357 g/mol. The van der Waals surface area contributed by atoms with Crippen molar-refractivity contribution in [2.24, 2.45) is 0 Å². The van der Waals surface area contributed by atoms with Crippen molar-refractivity contribution >= 4 is 11.9 Å². The molecular formula is C20H23NO5. The number of benzene rings is 2. The minimum Gasteiger partial charge on any atom is -0.490 e. The molecule has 0 radical (unpaired) electrons. The SMILES string of the molecule is CCOc1cc(C(=O)N(C)Cc2ccccc2C)ccc1OCC(=O)O. The second-order valence-electron chi connectivity index (χ2n) is 5.86. The van der Waals surface area contributed by atoms with E-state index in [1.165, 1.54) is 0 Å². The second kappa shape index (κ2) is 8.89. The lowest BCUT2D eigenvalue weighted by Gasteiger charge is -2.19. The maximum Gasteiger partial charge on any atom is 0.341 e. The lowest BCUT2D eigenvalue weighted by molar-refractivity contribution is -0.139. The van der Waals surface area contributed by atoms with Crippen LogP contribution in [0.1, 0.15) is 28.4 Å². The van der Waals surface area contributed by atoms with Crippen LogP contribution in [0, 0.1) is 6.92 Å². The second-order valence-corrected chi connectivity index (χ2v) is 5.86. The summed E-state index contributed by atoms with van der Waals surface area (Å²) >= 11 is 0. The van der Waals surface area contributed by atoms with Crippen molar-refractivity contribution in [3.05, 3.63) is 59.2 Å². The number of aryl methyl sites for hydroxylation is 1. The summed E-state index contributed by atoms with van der Waals surface area (Å²) in [5.74, 6) is -0.583. The molecule has 0 saturated carbocycles. The van der Waals surface area contributed by atoms with Gasteiger partial charge in [0.1, 0.15) is 0 Å². The van der Waals surface area contributed by atoms with Crippen LogP contribution in [0.15, 0.2) is 42.5 Å². The van der Waals surface area contributed by atoms with E-state index < -0.39 is 12.6 Å². The highest BCUT2D eigenvalue weighted by molar-refractivity contribution is 5.94. The number of carboxylic acid groups (broad SMARTS) is 1. The predicted molar refractivity (Wildman–Crippen MR) is 97.7 cm³/mol. The van der Waals surface area contributed by atoms with Gasteiger partial charge in [-0.25, -0.2) is 4.79 Å². The van der Waals surface area contributed by atoms with Gasteiger partial charge in [-0.1, -0.05) is 24.3 Å². The van der Waals surface area contributed by atoms with E-state index >= 15 is 0 Å². The molecule has 6 nitrogen and oxygen atoms in total. The average molecular weight is 357 g/mol. The van der Waals surface area contributed by atoms with E-state index in [-0.39, 0.29) is 5.91 Å². The summed E-state index contributed by atoms with van der Waals surface area (Å²) < 4.78 is 10.7. The van der Waals surface area contributed by atoms with Crippen LogP contribution in [0.3, 0.4) is 0 Å². The van der Waals surface area contributed by atoms with Crippen molar-refractivity contribution in [1.82, 2.24) is 4.90 Å². The number of carbonyl (C=O) groups excluding carboxylic acids is 1. The van der Waals surface area contributed by atoms with Crippen molar-refractivity contribution in [2.75, 3.05) is 20.3 Å². The van der Waals surface area contributed by atoms with Crippen molar-refractivity contribution in [3.8, 4) is 11.5 Å². The number of hydrogen-bond acceptors (Lipinski definition) is 4. The van der Waals surface area contributed by atoms with Crippen molar-refractivity contribution in [3.63, 3.8) is 0 Å². The highest BCUT2D eigenvalue weighted by atomic mass is 16.5. The van der Waals surface area contributed by atoms with Crippen molar-refractivity contribution in [2.45, 2.75) is 20.4 Å². The number of carboxylic acids is 1. The van der Waals surface area contributed by atoms with Gasteiger partial charge >= 0.3 is 5.97 Å². The molecule has 0 aliphatic carbocycles. The summed E-state index contributed by atoms with van der Waals surface area (Å²) in [4.78, 5) is 25.0. The zero-order valence-corrected chi connectivity index (χ0v) is 15.2. The number of nitrogens with zero attached hydrogens (tertiary/aromatic N) is 1. The fourth-order valence-corrected chi connectivity index (χ4v) is 2.50. The number of amides is 1. The molecule has 0 aliphatic heterocycles. The first-order chi connectivity index (χ1) is 12.4. The van der Waals surface area contributed by atoms with Gasteiger partial charge in [-0.2, -0.15) is 0 Å². The molecule has 0 saturated heterocycles. The number of carbonyl (C=O) groups is 2. The smallest absolute Gasteiger partial charge is 0.341 e. The molecule has 0 fully saturated rings. The third-order valence-electron chi connectivity index (χ3n) is 3.86. The molecule has 2 aromatic carbocycles. The molecule has 0 bridgehead atoms. The van der Waals surface area contributed by atoms with Crippen LogP contribution >= 0.6 is 0 Å². The Morgan fingerprint density at radius 2 is 1.81 bits per heavy atom. The minimum absolute atomic E-state index is 0.154. The summed E-state index contributed by atoms with van der Waals surface area (Å²) in [6.45, 7) is 4.21. The van der Waals surface area contributed by atoms with Crippen LogP contribution in [-0.4, -0.2) is 42.1 Å². The summed E-state index contributed by atoms with van der Waals surface area (Å²) in [6, 6.07) is 12.7. The van der Waals surface area contributed by atoms with E-state index in [0.29, 0.717) is 30.2 Å². The van der Waals surface area contributed by atoms with E-state index in [9.17, 15) is 9.59 Å². The normalized spacial score (nSPS) is 10.3. The molecule has 138 valence electrons. The van der Waals surface area contributed by atoms with Crippen LogP contribution in [0.25, 0.3) is 0 Å². The first-order valence-corrected chi connectivity index (χ1v) is 8.33. The maximum absolute atomic E-state index is 12.7. The molecule has 6 heteroatoms. The Bertz CT molecular complexity index is 788. The molecule has 1 amide bonds. The predicted octanol–water partition coefficient (Wildman–Crippen LogP) is 3.13. The molecule has 0 atom stereocenters. The lowest BCUT2D eigenvalue weighted by atomic mass is 10.1. The van der Waals surface area contributed by atoms with E-state index in [1.54, 1.807) is 37.1 Å². The molecule has 0 aromatic heterocycles. The summed E-state index contributed by atoms with van der Waals surface area (Å²) in [6.07, 6.45) is 0. The number of ether oxygens (including phenoxy) is 2. The largest absolute Gasteiger partial charge is 0.490 e. The van der Waals surface area contributed by atoms with E-state index in [1.807, 2.05) is 31.2 Å². The Labute approximate surface area is 153 Å². The third-order valence-corrected chi connectivity index (χ3v) is 3.86. The zero-order chi connectivity index (χ0) is 19.1. The van der Waals surface area contributed by atoms with Gasteiger partial charge in [0.15, 0.2) is 18.1 Å².